The molecule has 164 valence electrons. The fourth-order valence-corrected chi connectivity index (χ4v) is 4.16. The molecule has 4 heteroatoms. The highest BCUT2D eigenvalue weighted by Gasteiger charge is 2.31. The van der Waals surface area contributed by atoms with E-state index in [1.807, 2.05) is 13.8 Å². The molecule has 28 heavy (non-hydrogen) atoms. The zero-order valence-corrected chi connectivity index (χ0v) is 18.7. The molecule has 1 aliphatic carbocycles. The van der Waals surface area contributed by atoms with Gasteiger partial charge in [-0.05, 0) is 58.3 Å². The zero-order chi connectivity index (χ0) is 21.0. The molecule has 1 rings (SSSR count). The summed E-state index contributed by atoms with van der Waals surface area (Å²) in [7, 11) is 0. The van der Waals surface area contributed by atoms with Gasteiger partial charge in [-0.15, -0.1) is 0 Å². The Morgan fingerprint density at radius 3 is 2.64 bits per heavy atom. The van der Waals surface area contributed by atoms with Crippen molar-refractivity contribution in [3.63, 3.8) is 0 Å². The van der Waals surface area contributed by atoms with Gasteiger partial charge in [-0.2, -0.15) is 0 Å². The molecule has 4 nitrogen and oxygen atoms in total. The molecule has 0 bridgehead atoms. The summed E-state index contributed by atoms with van der Waals surface area (Å²) in [5.41, 5.74) is 0.662. The van der Waals surface area contributed by atoms with Crippen LogP contribution in [0.2, 0.25) is 0 Å². The summed E-state index contributed by atoms with van der Waals surface area (Å²) in [6, 6.07) is 0. The van der Waals surface area contributed by atoms with Crippen LogP contribution in [0.1, 0.15) is 105 Å². The van der Waals surface area contributed by atoms with Crippen LogP contribution in [-0.2, 0) is 9.53 Å². The Morgan fingerprint density at radius 1 is 1.25 bits per heavy atom. The first-order valence-corrected chi connectivity index (χ1v) is 11.6. The number of unbranched alkanes of at least 4 members (excludes halogenated alkanes) is 4. The summed E-state index contributed by atoms with van der Waals surface area (Å²) < 4.78 is 4.95. The monoisotopic (exact) mass is 396 g/mol. The fraction of sp³-hybridized carbons (Fsp3) is 0.875. The van der Waals surface area contributed by atoms with Crippen LogP contribution in [0.4, 0.5) is 0 Å². The van der Waals surface area contributed by atoms with Gasteiger partial charge >= 0.3 is 5.97 Å². The van der Waals surface area contributed by atoms with Gasteiger partial charge in [-0.3, -0.25) is 4.79 Å². The summed E-state index contributed by atoms with van der Waals surface area (Å²) in [6.45, 7) is 8.57. The Labute approximate surface area is 172 Å². The van der Waals surface area contributed by atoms with Crippen LogP contribution < -0.4 is 0 Å². The van der Waals surface area contributed by atoms with Crippen molar-refractivity contribution in [1.29, 1.82) is 0 Å². The van der Waals surface area contributed by atoms with Crippen molar-refractivity contribution in [2.45, 2.75) is 116 Å². The van der Waals surface area contributed by atoms with Crippen LogP contribution in [-0.4, -0.2) is 34.5 Å². The molecule has 0 saturated heterocycles. The third kappa shape index (κ3) is 9.09. The lowest BCUT2D eigenvalue weighted by Gasteiger charge is -2.30. The second-order valence-electron chi connectivity index (χ2n) is 8.85. The number of hydrogen-bond acceptors (Lipinski definition) is 4. The molecule has 2 unspecified atom stereocenters. The number of aliphatic hydroxyl groups is 2. The lowest BCUT2D eigenvalue weighted by atomic mass is 9.83. The molecular weight excluding hydrogens is 352 g/mol. The van der Waals surface area contributed by atoms with Gasteiger partial charge in [0.2, 0.25) is 0 Å². The van der Waals surface area contributed by atoms with E-state index in [1.54, 1.807) is 0 Å². The van der Waals surface area contributed by atoms with E-state index in [9.17, 15) is 15.0 Å². The van der Waals surface area contributed by atoms with Gasteiger partial charge in [-0.1, -0.05) is 57.6 Å². The summed E-state index contributed by atoms with van der Waals surface area (Å²) in [5.74, 6) is 0.430. The molecule has 1 fully saturated rings. The van der Waals surface area contributed by atoms with Crippen molar-refractivity contribution in [2.75, 3.05) is 6.61 Å². The van der Waals surface area contributed by atoms with Crippen LogP contribution in [0.3, 0.4) is 0 Å². The maximum atomic E-state index is 11.3. The Morgan fingerprint density at radius 2 is 1.96 bits per heavy atom. The van der Waals surface area contributed by atoms with Gasteiger partial charge < -0.3 is 14.9 Å². The van der Waals surface area contributed by atoms with Crippen molar-refractivity contribution in [2.24, 2.45) is 11.8 Å². The van der Waals surface area contributed by atoms with E-state index in [1.165, 1.54) is 5.57 Å². The van der Waals surface area contributed by atoms with Gasteiger partial charge in [-0.25, -0.2) is 0 Å². The SMILES string of the molecule is CCCCC(C)C(C)(O)CC=C1CC[C@H](O)[C@@H]1CCCCCCC(=O)OCC. The number of rotatable bonds is 14. The van der Waals surface area contributed by atoms with Gasteiger partial charge in [0.05, 0.1) is 18.3 Å². The van der Waals surface area contributed by atoms with Gasteiger partial charge in [0.15, 0.2) is 0 Å². The molecular formula is C24H44O4. The van der Waals surface area contributed by atoms with Crippen LogP contribution in [0.15, 0.2) is 11.6 Å². The van der Waals surface area contributed by atoms with E-state index >= 15 is 0 Å². The predicted octanol–water partition coefficient (Wildman–Crippen LogP) is 5.55. The van der Waals surface area contributed by atoms with Gasteiger partial charge in [0.25, 0.3) is 0 Å². The molecule has 0 aliphatic heterocycles. The summed E-state index contributed by atoms with van der Waals surface area (Å²) >= 11 is 0. The number of ether oxygens (including phenoxy) is 1. The van der Waals surface area contributed by atoms with Gasteiger partial charge in [0.1, 0.15) is 0 Å². The second kappa shape index (κ2) is 13.4. The van der Waals surface area contributed by atoms with Crippen molar-refractivity contribution < 1.29 is 19.7 Å². The van der Waals surface area contributed by atoms with Crippen LogP contribution >= 0.6 is 0 Å². The molecule has 0 amide bonds. The maximum Gasteiger partial charge on any atom is 0.305 e. The summed E-state index contributed by atoms with van der Waals surface area (Å²) in [4.78, 5) is 11.3. The third-order valence-corrected chi connectivity index (χ3v) is 6.45. The highest BCUT2D eigenvalue weighted by molar-refractivity contribution is 5.69. The largest absolute Gasteiger partial charge is 0.466 e. The molecule has 0 aromatic rings. The Bertz CT molecular complexity index is 469. The average molecular weight is 397 g/mol. The van der Waals surface area contributed by atoms with Crippen molar-refractivity contribution >= 4 is 5.97 Å². The van der Waals surface area contributed by atoms with E-state index < -0.39 is 5.60 Å². The third-order valence-electron chi connectivity index (χ3n) is 6.45. The van der Waals surface area contributed by atoms with E-state index in [0.717, 1.165) is 64.2 Å². The maximum absolute atomic E-state index is 11.3. The normalized spacial score (nSPS) is 24.3. The molecule has 0 aromatic heterocycles. The van der Waals surface area contributed by atoms with Crippen LogP contribution in [0, 0.1) is 11.8 Å². The standard InChI is InChI=1S/C24H44O4/c1-5-7-12-19(3)24(4,27)18-17-20-15-16-22(25)21(20)13-10-8-9-11-14-23(26)28-6-2/h17,19,21-22,25,27H,5-16,18H2,1-4H3/t19?,21-,22+,24?/m1/s1. The van der Waals surface area contributed by atoms with Gasteiger partial charge in [0, 0.05) is 12.3 Å². The highest BCUT2D eigenvalue weighted by atomic mass is 16.5. The number of carbonyl (C=O) groups is 1. The minimum atomic E-state index is -0.673. The predicted molar refractivity (Wildman–Crippen MR) is 115 cm³/mol. The van der Waals surface area contributed by atoms with Crippen molar-refractivity contribution in [3.05, 3.63) is 11.6 Å². The molecule has 1 saturated carbocycles. The molecule has 0 radical (unpaired) electrons. The Hall–Kier alpha value is -0.870. The van der Waals surface area contributed by atoms with Crippen molar-refractivity contribution in [1.82, 2.24) is 0 Å². The molecule has 0 spiro atoms. The second-order valence-corrected chi connectivity index (χ2v) is 8.85. The summed E-state index contributed by atoms with van der Waals surface area (Å²) in [6.07, 6.45) is 13.4. The van der Waals surface area contributed by atoms with Crippen LogP contribution in [0.25, 0.3) is 0 Å². The first-order valence-electron chi connectivity index (χ1n) is 11.6. The Kier molecular flexibility index (Phi) is 12.0. The van der Waals surface area contributed by atoms with E-state index in [4.69, 9.17) is 4.74 Å². The average Bonchev–Trinajstić information content (AvgIpc) is 3.01. The van der Waals surface area contributed by atoms with Crippen LogP contribution in [0.5, 0.6) is 0 Å². The molecule has 0 heterocycles. The topological polar surface area (TPSA) is 66.8 Å². The smallest absolute Gasteiger partial charge is 0.305 e. The summed E-state index contributed by atoms with van der Waals surface area (Å²) in [5, 5.41) is 21.2. The lowest BCUT2D eigenvalue weighted by Crippen LogP contribution is -2.32. The highest BCUT2D eigenvalue weighted by Crippen LogP contribution is 2.37. The minimum absolute atomic E-state index is 0.0980. The first-order chi connectivity index (χ1) is 13.3. The Balaban J connectivity index is 2.39. The van der Waals surface area contributed by atoms with Crippen molar-refractivity contribution in [3.8, 4) is 0 Å². The molecule has 2 N–H and O–H groups in total. The number of carbonyl (C=O) groups excluding carboxylic acids is 1. The van der Waals surface area contributed by atoms with E-state index in [0.29, 0.717) is 19.4 Å². The number of aliphatic hydroxyl groups excluding tert-OH is 1. The van der Waals surface area contributed by atoms with E-state index in [2.05, 4.69) is 19.9 Å². The van der Waals surface area contributed by atoms with E-state index in [-0.39, 0.29) is 23.9 Å². The molecule has 0 aromatic carbocycles. The quantitative estimate of drug-likeness (QED) is 0.229. The lowest BCUT2D eigenvalue weighted by molar-refractivity contribution is -0.143. The number of esters is 1. The zero-order valence-electron chi connectivity index (χ0n) is 18.7. The molecule has 1 aliphatic rings. The first kappa shape index (κ1) is 25.2. The minimum Gasteiger partial charge on any atom is -0.466 e. The number of hydrogen-bond donors (Lipinski definition) is 2. The fourth-order valence-electron chi connectivity index (χ4n) is 4.16. The molecule has 4 atom stereocenters.